The molecule has 0 aromatic heterocycles. The zero-order valence-electron chi connectivity index (χ0n) is 13.7. The van der Waals surface area contributed by atoms with Crippen molar-refractivity contribution in [3.8, 4) is 0 Å². The van der Waals surface area contributed by atoms with E-state index in [0.717, 1.165) is 0 Å². The summed E-state index contributed by atoms with van der Waals surface area (Å²) in [5.41, 5.74) is 0.0726. The molecule has 0 spiro atoms. The Hall–Kier alpha value is -0.897. The van der Waals surface area contributed by atoms with Gasteiger partial charge in [-0.3, -0.25) is 0 Å². The third-order valence-corrected chi connectivity index (χ3v) is 13.8. The van der Waals surface area contributed by atoms with E-state index in [2.05, 4.69) is 26.3 Å². The summed E-state index contributed by atoms with van der Waals surface area (Å²) < 4.78 is -2.95. The van der Waals surface area contributed by atoms with Crippen LogP contribution < -0.4 is 24.8 Å². The molecule has 7 heteroatoms. The van der Waals surface area contributed by atoms with E-state index in [1.807, 2.05) is 0 Å². The predicted octanol–water partition coefficient (Wildman–Crippen LogP) is -3.44. The fourth-order valence-electron chi connectivity index (χ4n) is 1.90. The molecule has 0 aliphatic heterocycles. The molecular weight excluding hydrogens is 418 g/mol. The normalized spacial score (nSPS) is 8.87. The van der Waals surface area contributed by atoms with Gasteiger partial charge >= 0.3 is 130 Å². The average molecular weight is 438 g/mol. The first-order valence-electron chi connectivity index (χ1n) is 6.23. The van der Waals surface area contributed by atoms with Gasteiger partial charge in [-0.15, -0.1) is 0 Å². The maximum Gasteiger partial charge on any atom is -1.00 e. The Kier molecular flexibility index (Phi) is 11.8. The van der Waals surface area contributed by atoms with E-state index < -0.39 is 34.2 Å². The van der Waals surface area contributed by atoms with E-state index >= 15 is 0 Å². The van der Waals surface area contributed by atoms with Crippen molar-refractivity contribution in [2.24, 2.45) is 0 Å². The van der Waals surface area contributed by atoms with Gasteiger partial charge < -0.3 is 24.8 Å². The van der Waals surface area contributed by atoms with E-state index in [-0.39, 0.29) is 47.1 Å². The first-order chi connectivity index (χ1) is 9.42. The van der Waals surface area contributed by atoms with Crippen LogP contribution in [0, 0.1) is 0 Å². The quantitative estimate of drug-likeness (QED) is 0.370. The Morgan fingerprint density at radius 3 is 0.739 bits per heavy atom. The molecular formula is C16H20Cl2O4Zr. The van der Waals surface area contributed by atoms with Crippen LogP contribution in [0.1, 0.15) is 27.7 Å². The Labute approximate surface area is 154 Å². The van der Waals surface area contributed by atoms with Gasteiger partial charge in [0.05, 0.1) is 0 Å². The third kappa shape index (κ3) is 5.04. The molecule has 0 atom stereocenters. The molecule has 0 aromatic carbocycles. The number of rotatable bonds is 8. The molecule has 0 heterocycles. The zero-order valence-corrected chi connectivity index (χ0v) is 17.7. The van der Waals surface area contributed by atoms with Gasteiger partial charge in [-0.2, -0.15) is 0 Å². The molecule has 126 valence electrons. The summed E-state index contributed by atoms with van der Waals surface area (Å²) in [4.78, 5) is 50.4. The maximum absolute atomic E-state index is 12.6. The van der Waals surface area contributed by atoms with Crippen LogP contribution in [0.5, 0.6) is 0 Å². The Morgan fingerprint density at radius 1 is 0.522 bits per heavy atom. The molecule has 23 heavy (non-hydrogen) atoms. The molecule has 0 unspecified atom stereocenters. The van der Waals surface area contributed by atoms with Crippen LogP contribution in [0.2, 0.25) is 0 Å². The summed E-state index contributed by atoms with van der Waals surface area (Å²) in [5, 5.41) is 0. The molecule has 0 N–H and O–H groups in total. The van der Waals surface area contributed by atoms with Crippen molar-refractivity contribution in [1.29, 1.82) is 0 Å². The largest absolute Gasteiger partial charge is 1.00 e. The molecule has 0 saturated carbocycles. The van der Waals surface area contributed by atoms with Gasteiger partial charge in [0.25, 0.3) is 0 Å². The van der Waals surface area contributed by atoms with Crippen molar-refractivity contribution in [2.75, 3.05) is 0 Å². The Morgan fingerprint density at radius 2 is 0.652 bits per heavy atom. The molecule has 0 rings (SSSR count). The fourth-order valence-corrected chi connectivity index (χ4v) is 11.2. The van der Waals surface area contributed by atoms with Crippen molar-refractivity contribution in [2.45, 2.75) is 27.7 Å². The van der Waals surface area contributed by atoms with E-state index in [1.165, 1.54) is 27.7 Å². The van der Waals surface area contributed by atoms with Gasteiger partial charge in [-0.25, -0.2) is 0 Å². The zero-order chi connectivity index (χ0) is 17.1. The topological polar surface area (TPSA) is 68.3 Å². The van der Waals surface area contributed by atoms with Crippen molar-refractivity contribution >= 4 is 14.0 Å². The van der Waals surface area contributed by atoms with Crippen molar-refractivity contribution < 1.29 is 64.3 Å². The Bertz CT molecular complexity index is 508. The second-order valence-corrected chi connectivity index (χ2v) is 13.3. The summed E-state index contributed by atoms with van der Waals surface area (Å²) in [6, 6.07) is 0. The van der Waals surface area contributed by atoms with E-state index in [4.69, 9.17) is 0 Å². The van der Waals surface area contributed by atoms with Crippen LogP contribution in [-0.2, 0) is 39.4 Å². The number of hydrogen-bond acceptors (Lipinski definition) is 4. The number of hydrogen-bond donors (Lipinski definition) is 0. The number of allylic oxidation sites excluding steroid dienone is 4. The number of carbonyl (C=O) groups is 4. The minimum atomic E-state index is -5.38. The summed E-state index contributed by atoms with van der Waals surface area (Å²) in [6.07, 6.45) is 0. The van der Waals surface area contributed by atoms with Crippen LogP contribution in [0.15, 0.2) is 48.6 Å². The van der Waals surface area contributed by atoms with Gasteiger partial charge in [-0.1, -0.05) is 0 Å². The fraction of sp³-hybridized carbons (Fsp3) is 0.250. The SMILES string of the molecule is C=C(C)[C](=O)[Zr+2]([C](=O)C(=C)C)([C](=O)C(=C)C)[C](=O)C(=C)C.[Cl-].[Cl-]. The summed E-state index contributed by atoms with van der Waals surface area (Å²) in [7, 11) is 0. The molecule has 0 amide bonds. The summed E-state index contributed by atoms with van der Waals surface area (Å²) >= 11 is -5.38. The second-order valence-electron chi connectivity index (χ2n) is 5.19. The van der Waals surface area contributed by atoms with Crippen LogP contribution in [0.3, 0.4) is 0 Å². The van der Waals surface area contributed by atoms with Crippen molar-refractivity contribution in [1.82, 2.24) is 0 Å². The Balaban J connectivity index is -0.00000200. The van der Waals surface area contributed by atoms with Crippen LogP contribution in [0.4, 0.5) is 0 Å². The molecule has 0 aromatic rings. The van der Waals surface area contributed by atoms with Crippen molar-refractivity contribution in [3.05, 3.63) is 48.6 Å². The molecule has 0 aliphatic carbocycles. The first kappa shape index (κ1) is 27.0. The van der Waals surface area contributed by atoms with Gasteiger partial charge in [0, 0.05) is 0 Å². The summed E-state index contributed by atoms with van der Waals surface area (Å²) in [5.74, 6) is 0. The molecule has 0 saturated heterocycles. The van der Waals surface area contributed by atoms with Gasteiger partial charge in [-0.05, 0) is 0 Å². The van der Waals surface area contributed by atoms with Gasteiger partial charge in [0.15, 0.2) is 0 Å². The van der Waals surface area contributed by atoms with Crippen LogP contribution >= 0.6 is 0 Å². The standard InChI is InChI=1S/4C4H5O.2ClH.Zr/c4*1-4(2)3-5;;;/h4*1H2,2H3;2*1H;/q;;;;;;+2/p-2. The second kappa shape index (κ2) is 10.1. The van der Waals surface area contributed by atoms with Crippen molar-refractivity contribution in [3.63, 3.8) is 0 Å². The maximum atomic E-state index is 12.6. The molecule has 0 bridgehead atoms. The van der Waals surface area contributed by atoms with E-state index in [1.54, 1.807) is 0 Å². The average Bonchev–Trinajstić information content (AvgIpc) is 2.37. The van der Waals surface area contributed by atoms with Crippen LogP contribution in [0.25, 0.3) is 0 Å². The predicted molar refractivity (Wildman–Crippen MR) is 79.3 cm³/mol. The van der Waals surface area contributed by atoms with E-state index in [9.17, 15) is 19.2 Å². The molecule has 4 nitrogen and oxygen atoms in total. The molecule has 0 aliphatic rings. The monoisotopic (exact) mass is 436 g/mol. The minimum absolute atomic E-state index is 0. The van der Waals surface area contributed by atoms with Crippen LogP contribution in [-0.4, -0.2) is 14.0 Å². The number of carbonyl (C=O) groups excluding carboxylic acids is 4. The van der Waals surface area contributed by atoms with E-state index in [0.29, 0.717) is 0 Å². The number of halogens is 2. The molecule has 0 fully saturated rings. The summed E-state index contributed by atoms with van der Waals surface area (Å²) in [6.45, 7) is 19.6. The van der Waals surface area contributed by atoms with Gasteiger partial charge in [0.2, 0.25) is 0 Å². The minimum Gasteiger partial charge on any atom is -1.00 e. The molecule has 0 radical (unpaired) electrons. The van der Waals surface area contributed by atoms with Gasteiger partial charge in [0.1, 0.15) is 0 Å². The smallest absolute Gasteiger partial charge is 1.00 e. The third-order valence-electron chi connectivity index (χ3n) is 2.91. The first-order valence-corrected chi connectivity index (χ1v) is 11.1.